The fourth-order valence-electron chi connectivity index (χ4n) is 4.27. The summed E-state index contributed by atoms with van der Waals surface area (Å²) < 4.78 is 43.2. The smallest absolute Gasteiger partial charge is 0.446 e. The van der Waals surface area contributed by atoms with Crippen LogP contribution in [0.3, 0.4) is 0 Å². The van der Waals surface area contributed by atoms with Crippen LogP contribution in [0.15, 0.2) is 83.8 Å². The highest BCUT2D eigenvalue weighted by molar-refractivity contribution is 8.00. The summed E-state index contributed by atoms with van der Waals surface area (Å²) in [6, 6.07) is 20.0. The molecule has 0 aromatic heterocycles. The van der Waals surface area contributed by atoms with Gasteiger partial charge in [0.15, 0.2) is 0 Å². The number of carboxylic acids is 1. The van der Waals surface area contributed by atoms with Crippen LogP contribution in [0.5, 0.6) is 5.75 Å². The molecule has 0 fully saturated rings. The summed E-state index contributed by atoms with van der Waals surface area (Å²) in [5.74, 6) is -1.34. The number of rotatable bonds is 11. The molecule has 1 unspecified atom stereocenters. The number of nitrogens with one attached hydrogen (secondary N) is 1. The summed E-state index contributed by atoms with van der Waals surface area (Å²) in [7, 11) is 0. The number of ether oxygens (including phenoxy) is 1. The van der Waals surface area contributed by atoms with Gasteiger partial charge in [-0.2, -0.15) is 13.2 Å². The lowest BCUT2D eigenvalue weighted by molar-refractivity contribution is -0.139. The van der Waals surface area contributed by atoms with E-state index < -0.39 is 28.2 Å². The summed E-state index contributed by atoms with van der Waals surface area (Å²) in [6.45, 7) is 3.38. The number of benzene rings is 4. The first kappa shape index (κ1) is 32.9. The summed E-state index contributed by atoms with van der Waals surface area (Å²) in [5, 5.41) is 15.1. The Morgan fingerprint density at radius 2 is 1.58 bits per heavy atom. The maximum atomic E-state index is 13.6. The molecule has 0 aliphatic rings. The number of amides is 1. The van der Waals surface area contributed by atoms with Gasteiger partial charge in [-0.15, -0.1) is 11.8 Å². The largest absolute Gasteiger partial charge is 0.487 e. The average molecular weight is 669 g/mol. The van der Waals surface area contributed by atoms with Crippen LogP contribution in [0, 0.1) is 0 Å². The normalized spacial score (nSPS) is 12.6. The highest BCUT2D eigenvalue weighted by atomic mass is 35.5. The summed E-state index contributed by atoms with van der Waals surface area (Å²) in [5.41, 5.74) is -3.03. The topological polar surface area (TPSA) is 75.6 Å². The van der Waals surface area contributed by atoms with Crippen LogP contribution in [0.4, 0.5) is 13.2 Å². The second-order valence-corrected chi connectivity index (χ2v) is 13.6. The number of carbonyl (C=O) groups excluding carboxylic acids is 1. The first-order valence-corrected chi connectivity index (χ1v) is 15.4. The van der Waals surface area contributed by atoms with E-state index >= 15 is 0 Å². The third kappa shape index (κ3) is 8.53. The standard InChI is InChI=1S/C31H26Cl2F3NO4S2/c1-30(2,42-17-23-24(32)8-5-9-25(23)33)27(29(39)40)37-28(38)22-15-12-19-6-3-4-7-21(19)26(22)41-16-18-10-13-20(14-11-18)43-31(34,35)36/h3-15,27H,16-17H2,1-2H3,(H,37,38)(H,39,40). The molecule has 1 amide bonds. The highest BCUT2D eigenvalue weighted by Gasteiger charge is 2.38. The molecule has 0 radical (unpaired) electrons. The van der Waals surface area contributed by atoms with E-state index in [1.165, 1.54) is 36.0 Å². The Balaban J connectivity index is 1.57. The van der Waals surface area contributed by atoms with Gasteiger partial charge in [0.1, 0.15) is 18.4 Å². The fourth-order valence-corrected chi connectivity index (χ4v) is 6.66. The van der Waals surface area contributed by atoms with E-state index in [0.29, 0.717) is 32.3 Å². The minimum absolute atomic E-state index is 0.0342. The Morgan fingerprint density at radius 1 is 0.930 bits per heavy atom. The molecule has 0 spiro atoms. The van der Waals surface area contributed by atoms with Crippen LogP contribution in [-0.4, -0.2) is 33.3 Å². The zero-order valence-corrected chi connectivity index (χ0v) is 26.0. The van der Waals surface area contributed by atoms with Crippen molar-refractivity contribution in [2.75, 3.05) is 0 Å². The highest BCUT2D eigenvalue weighted by Crippen LogP contribution is 2.38. The molecule has 1 atom stereocenters. The average Bonchev–Trinajstić information content (AvgIpc) is 2.93. The number of hydrogen-bond acceptors (Lipinski definition) is 5. The van der Waals surface area contributed by atoms with E-state index in [1.807, 2.05) is 12.1 Å². The van der Waals surface area contributed by atoms with Gasteiger partial charge in [0.2, 0.25) is 0 Å². The molecule has 0 aliphatic carbocycles. The van der Waals surface area contributed by atoms with Gasteiger partial charge in [0.25, 0.3) is 5.91 Å². The predicted octanol–water partition coefficient (Wildman–Crippen LogP) is 9.23. The minimum atomic E-state index is -4.40. The van der Waals surface area contributed by atoms with Gasteiger partial charge in [0.05, 0.1) is 5.56 Å². The molecule has 43 heavy (non-hydrogen) atoms. The number of hydrogen-bond donors (Lipinski definition) is 2. The predicted molar refractivity (Wildman–Crippen MR) is 167 cm³/mol. The molecule has 0 saturated heterocycles. The van der Waals surface area contributed by atoms with Crippen molar-refractivity contribution in [1.29, 1.82) is 0 Å². The molecule has 5 nitrogen and oxygen atoms in total. The Kier molecular flexibility index (Phi) is 10.5. The van der Waals surface area contributed by atoms with Gasteiger partial charge in [0, 0.05) is 30.8 Å². The third-order valence-electron chi connectivity index (χ3n) is 6.53. The summed E-state index contributed by atoms with van der Waals surface area (Å²) in [6.07, 6.45) is 0. The molecule has 0 heterocycles. The SMILES string of the molecule is CC(C)(SCc1c(Cl)cccc1Cl)C(NC(=O)c1ccc2ccccc2c1OCc1ccc(SC(F)(F)F)cc1)C(=O)O. The first-order valence-electron chi connectivity index (χ1n) is 12.8. The molecule has 4 rings (SSSR count). The Hall–Kier alpha value is -3.05. The zero-order chi connectivity index (χ0) is 31.4. The Labute approximate surface area is 265 Å². The van der Waals surface area contributed by atoms with Gasteiger partial charge >= 0.3 is 11.5 Å². The number of thioether (sulfide) groups is 2. The number of alkyl halides is 3. The van der Waals surface area contributed by atoms with Crippen molar-refractivity contribution in [2.24, 2.45) is 0 Å². The van der Waals surface area contributed by atoms with E-state index in [2.05, 4.69) is 5.32 Å². The van der Waals surface area contributed by atoms with Crippen molar-refractivity contribution in [3.63, 3.8) is 0 Å². The second-order valence-electron chi connectivity index (χ2n) is 9.98. The van der Waals surface area contributed by atoms with Crippen LogP contribution in [-0.2, 0) is 17.2 Å². The Bertz CT molecular complexity index is 1610. The van der Waals surface area contributed by atoms with Crippen molar-refractivity contribution >= 4 is 69.4 Å². The minimum Gasteiger partial charge on any atom is -0.487 e. The van der Waals surface area contributed by atoms with E-state index in [4.69, 9.17) is 27.9 Å². The summed E-state index contributed by atoms with van der Waals surface area (Å²) in [4.78, 5) is 26.1. The molecule has 0 aliphatic heterocycles. The van der Waals surface area contributed by atoms with Gasteiger partial charge in [-0.1, -0.05) is 71.7 Å². The maximum absolute atomic E-state index is 13.6. The molecular formula is C31H26Cl2F3NO4S2. The van der Waals surface area contributed by atoms with Gasteiger partial charge in [-0.05, 0) is 72.5 Å². The molecule has 4 aromatic carbocycles. The van der Waals surface area contributed by atoms with Crippen molar-refractivity contribution in [1.82, 2.24) is 5.32 Å². The monoisotopic (exact) mass is 667 g/mol. The molecule has 0 bridgehead atoms. The van der Waals surface area contributed by atoms with E-state index in [-0.39, 0.29) is 34.6 Å². The second kappa shape index (κ2) is 13.7. The van der Waals surface area contributed by atoms with Crippen LogP contribution in [0.1, 0.15) is 35.3 Å². The van der Waals surface area contributed by atoms with Crippen LogP contribution in [0.25, 0.3) is 10.8 Å². The molecule has 0 saturated carbocycles. The van der Waals surface area contributed by atoms with Gasteiger partial charge in [-0.25, -0.2) is 4.79 Å². The van der Waals surface area contributed by atoms with E-state index in [9.17, 15) is 27.9 Å². The molecule has 12 heteroatoms. The van der Waals surface area contributed by atoms with E-state index in [1.54, 1.807) is 56.3 Å². The Morgan fingerprint density at radius 3 is 2.21 bits per heavy atom. The number of aliphatic carboxylic acids is 1. The third-order valence-corrected chi connectivity index (χ3v) is 9.39. The fraction of sp³-hybridized carbons (Fsp3) is 0.226. The number of halogens is 5. The molecule has 226 valence electrons. The van der Waals surface area contributed by atoms with Crippen LogP contribution in [0.2, 0.25) is 10.0 Å². The lowest BCUT2D eigenvalue weighted by atomic mass is 10.0. The van der Waals surface area contributed by atoms with Crippen molar-refractivity contribution in [2.45, 2.75) is 47.4 Å². The van der Waals surface area contributed by atoms with Crippen molar-refractivity contribution in [3.8, 4) is 5.75 Å². The molecule has 4 aromatic rings. The van der Waals surface area contributed by atoms with Crippen LogP contribution >= 0.6 is 46.7 Å². The summed E-state index contributed by atoms with van der Waals surface area (Å²) >= 11 is 13.7. The van der Waals surface area contributed by atoms with E-state index in [0.717, 1.165) is 5.39 Å². The van der Waals surface area contributed by atoms with Gasteiger partial charge < -0.3 is 15.2 Å². The number of fused-ring (bicyclic) bond motifs is 1. The first-order chi connectivity index (χ1) is 20.2. The quantitative estimate of drug-likeness (QED) is 0.155. The van der Waals surface area contributed by atoms with Gasteiger partial charge in [-0.3, -0.25) is 4.79 Å². The maximum Gasteiger partial charge on any atom is 0.446 e. The van der Waals surface area contributed by atoms with Crippen molar-refractivity contribution in [3.05, 3.63) is 106 Å². The molecular weight excluding hydrogens is 642 g/mol. The lowest BCUT2D eigenvalue weighted by Gasteiger charge is -2.32. The zero-order valence-electron chi connectivity index (χ0n) is 22.9. The molecule has 2 N–H and O–H groups in total. The van der Waals surface area contributed by atoms with Crippen LogP contribution < -0.4 is 10.1 Å². The lowest BCUT2D eigenvalue weighted by Crippen LogP contribution is -2.52. The number of carboxylic acid groups (broad SMARTS) is 1. The van der Waals surface area contributed by atoms with Crippen molar-refractivity contribution < 1.29 is 32.6 Å². The number of carbonyl (C=O) groups is 2.